The number of methoxy groups -OCH3 is 1. The topological polar surface area (TPSA) is 108 Å². The fraction of sp³-hybridized carbons (Fsp3) is 0.231. The summed E-state index contributed by atoms with van der Waals surface area (Å²) in [7, 11) is 1.23. The van der Waals surface area contributed by atoms with Crippen molar-refractivity contribution >= 4 is 12.0 Å². The number of ether oxygens (including phenoxy) is 1. The van der Waals surface area contributed by atoms with Crippen LogP contribution in [-0.4, -0.2) is 29.3 Å². The number of hydrogen-bond acceptors (Lipinski definition) is 5. The first-order valence-electron chi connectivity index (χ1n) is 5.80. The molecule has 0 spiro atoms. The molecule has 1 aliphatic heterocycles. The summed E-state index contributed by atoms with van der Waals surface area (Å²) in [6.07, 6.45) is 0. The fourth-order valence-electron chi connectivity index (χ4n) is 2.10. The quantitative estimate of drug-likeness (QED) is 0.472. The van der Waals surface area contributed by atoms with E-state index in [-0.39, 0.29) is 17.2 Å². The normalized spacial score (nSPS) is 21.9. The van der Waals surface area contributed by atoms with E-state index in [0.717, 1.165) is 0 Å². The standard InChI is InChI=1S/C13H14N2O5/c1-6-10(12(18)20-2)11(15-13(19)14-6)7-3-4-8(16)9(17)5-7/h3-5,10-11,16-17H,1H2,2H3,(H2,14,15,19)/t10-,11+/m1/s1. The smallest absolute Gasteiger partial charge is 0.319 e. The van der Waals surface area contributed by atoms with Crippen LogP contribution >= 0.6 is 0 Å². The van der Waals surface area contributed by atoms with Crippen molar-refractivity contribution in [3.05, 3.63) is 36.0 Å². The number of hydrogen-bond donors (Lipinski definition) is 4. The van der Waals surface area contributed by atoms with Crippen molar-refractivity contribution in [2.24, 2.45) is 5.92 Å². The number of benzene rings is 1. The summed E-state index contributed by atoms with van der Waals surface area (Å²) in [5.41, 5.74) is 0.657. The SMILES string of the molecule is C=C1NC(=O)N[C@@H](c2ccc(O)c(O)c2)[C@@H]1C(=O)OC. The molecule has 0 radical (unpaired) electrons. The number of esters is 1. The second kappa shape index (κ2) is 5.12. The van der Waals surface area contributed by atoms with Crippen molar-refractivity contribution in [2.45, 2.75) is 6.04 Å². The van der Waals surface area contributed by atoms with Crippen molar-refractivity contribution in [2.75, 3.05) is 7.11 Å². The van der Waals surface area contributed by atoms with Crippen molar-refractivity contribution in [1.82, 2.24) is 10.6 Å². The first-order chi connectivity index (χ1) is 9.43. The molecule has 0 aromatic heterocycles. The van der Waals surface area contributed by atoms with Gasteiger partial charge in [-0.2, -0.15) is 0 Å². The van der Waals surface area contributed by atoms with E-state index < -0.39 is 24.0 Å². The van der Waals surface area contributed by atoms with Crippen LogP contribution in [-0.2, 0) is 9.53 Å². The molecule has 7 nitrogen and oxygen atoms in total. The summed E-state index contributed by atoms with van der Waals surface area (Å²) in [5.74, 6) is -2.03. The van der Waals surface area contributed by atoms with E-state index in [2.05, 4.69) is 17.2 Å². The van der Waals surface area contributed by atoms with Gasteiger partial charge in [0.05, 0.1) is 13.2 Å². The second-order valence-corrected chi connectivity index (χ2v) is 4.35. The first-order valence-corrected chi connectivity index (χ1v) is 5.80. The van der Waals surface area contributed by atoms with E-state index in [0.29, 0.717) is 5.56 Å². The van der Waals surface area contributed by atoms with Crippen LogP contribution in [0.3, 0.4) is 0 Å². The van der Waals surface area contributed by atoms with E-state index in [1.807, 2.05) is 0 Å². The Bertz CT molecular complexity index is 584. The summed E-state index contributed by atoms with van der Waals surface area (Å²) in [4.78, 5) is 23.4. The van der Waals surface area contributed by atoms with Crippen molar-refractivity contribution in [3.63, 3.8) is 0 Å². The number of rotatable bonds is 2. The van der Waals surface area contributed by atoms with E-state index in [9.17, 15) is 19.8 Å². The van der Waals surface area contributed by atoms with Gasteiger partial charge < -0.3 is 25.6 Å². The zero-order chi connectivity index (χ0) is 14.9. The molecule has 1 saturated heterocycles. The number of carbonyl (C=O) groups is 2. The zero-order valence-corrected chi connectivity index (χ0v) is 10.7. The maximum absolute atomic E-state index is 11.8. The van der Waals surface area contributed by atoms with Gasteiger partial charge in [-0.1, -0.05) is 12.6 Å². The molecule has 2 amide bonds. The van der Waals surface area contributed by atoms with Crippen LogP contribution in [0.25, 0.3) is 0 Å². The van der Waals surface area contributed by atoms with Crippen molar-refractivity contribution < 1.29 is 24.5 Å². The molecule has 1 aromatic rings. The van der Waals surface area contributed by atoms with E-state index in [1.54, 1.807) is 0 Å². The molecule has 4 N–H and O–H groups in total. The summed E-state index contributed by atoms with van der Waals surface area (Å²) < 4.78 is 4.70. The van der Waals surface area contributed by atoms with Gasteiger partial charge in [-0.05, 0) is 17.7 Å². The Hall–Kier alpha value is -2.70. The molecule has 1 aromatic carbocycles. The number of urea groups is 1. The zero-order valence-electron chi connectivity index (χ0n) is 10.7. The molecular formula is C13H14N2O5. The number of aromatic hydroxyl groups is 2. The predicted molar refractivity (Wildman–Crippen MR) is 68.8 cm³/mol. The molecule has 1 fully saturated rings. The Labute approximate surface area is 114 Å². The number of nitrogens with one attached hydrogen (secondary N) is 2. The van der Waals surface area contributed by atoms with Gasteiger partial charge in [0.25, 0.3) is 0 Å². The largest absolute Gasteiger partial charge is 0.504 e. The molecule has 0 unspecified atom stereocenters. The molecule has 7 heteroatoms. The van der Waals surface area contributed by atoms with Crippen LogP contribution in [0.5, 0.6) is 11.5 Å². The van der Waals surface area contributed by atoms with E-state index in [1.165, 1.54) is 25.3 Å². The summed E-state index contributed by atoms with van der Waals surface area (Å²) >= 11 is 0. The minimum Gasteiger partial charge on any atom is -0.504 e. The molecule has 0 aliphatic carbocycles. The van der Waals surface area contributed by atoms with Crippen LogP contribution in [0.2, 0.25) is 0 Å². The molecule has 2 rings (SSSR count). The Balaban J connectivity index is 2.42. The monoisotopic (exact) mass is 278 g/mol. The Morgan fingerprint density at radius 2 is 2.05 bits per heavy atom. The van der Waals surface area contributed by atoms with Gasteiger partial charge in [0.1, 0.15) is 5.92 Å². The average Bonchev–Trinajstić information content (AvgIpc) is 2.40. The van der Waals surface area contributed by atoms with Gasteiger partial charge in [0.2, 0.25) is 0 Å². The molecule has 0 bridgehead atoms. The lowest BCUT2D eigenvalue weighted by Gasteiger charge is -2.33. The van der Waals surface area contributed by atoms with Crippen LogP contribution < -0.4 is 10.6 Å². The minimum atomic E-state index is -0.832. The van der Waals surface area contributed by atoms with Gasteiger partial charge in [-0.15, -0.1) is 0 Å². The molecule has 1 aliphatic rings. The van der Waals surface area contributed by atoms with E-state index >= 15 is 0 Å². The lowest BCUT2D eigenvalue weighted by atomic mass is 9.89. The lowest BCUT2D eigenvalue weighted by molar-refractivity contribution is -0.145. The highest BCUT2D eigenvalue weighted by molar-refractivity contribution is 5.85. The minimum absolute atomic E-state index is 0.207. The van der Waals surface area contributed by atoms with Gasteiger partial charge in [-0.25, -0.2) is 4.79 Å². The van der Waals surface area contributed by atoms with Crippen LogP contribution in [0, 0.1) is 5.92 Å². The fourth-order valence-corrected chi connectivity index (χ4v) is 2.10. The van der Waals surface area contributed by atoms with Crippen LogP contribution in [0.15, 0.2) is 30.5 Å². The Kier molecular flexibility index (Phi) is 3.51. The third-order valence-electron chi connectivity index (χ3n) is 3.08. The van der Waals surface area contributed by atoms with Gasteiger partial charge in [0.15, 0.2) is 11.5 Å². The third-order valence-corrected chi connectivity index (χ3v) is 3.08. The lowest BCUT2D eigenvalue weighted by Crippen LogP contribution is -2.50. The Morgan fingerprint density at radius 1 is 1.35 bits per heavy atom. The second-order valence-electron chi connectivity index (χ2n) is 4.35. The summed E-state index contributed by atoms with van der Waals surface area (Å²) in [5, 5.41) is 23.8. The average molecular weight is 278 g/mol. The highest BCUT2D eigenvalue weighted by atomic mass is 16.5. The molecular weight excluding hydrogens is 264 g/mol. The first kappa shape index (κ1) is 13.7. The summed E-state index contributed by atoms with van der Waals surface area (Å²) in [6, 6.07) is 2.79. The van der Waals surface area contributed by atoms with E-state index in [4.69, 9.17) is 4.74 Å². The number of amides is 2. The van der Waals surface area contributed by atoms with Crippen LogP contribution in [0.1, 0.15) is 11.6 Å². The molecule has 2 atom stereocenters. The molecule has 20 heavy (non-hydrogen) atoms. The van der Waals surface area contributed by atoms with Gasteiger partial charge >= 0.3 is 12.0 Å². The number of carbonyl (C=O) groups excluding carboxylic acids is 2. The number of phenolic OH excluding ortho intramolecular Hbond substituents is 2. The molecule has 106 valence electrons. The molecule has 1 heterocycles. The Morgan fingerprint density at radius 3 is 2.65 bits per heavy atom. The maximum Gasteiger partial charge on any atom is 0.319 e. The molecule has 0 saturated carbocycles. The maximum atomic E-state index is 11.8. The number of phenols is 2. The highest BCUT2D eigenvalue weighted by Gasteiger charge is 2.38. The van der Waals surface area contributed by atoms with Gasteiger partial charge in [-0.3, -0.25) is 4.79 Å². The third kappa shape index (κ3) is 2.37. The van der Waals surface area contributed by atoms with Gasteiger partial charge in [0, 0.05) is 5.70 Å². The predicted octanol–water partition coefficient (Wildman–Crippen LogP) is 0.755. The summed E-state index contributed by atoms with van der Waals surface area (Å²) in [6.45, 7) is 3.65. The highest BCUT2D eigenvalue weighted by Crippen LogP contribution is 2.34. The van der Waals surface area contributed by atoms with Crippen molar-refractivity contribution in [3.8, 4) is 11.5 Å². The van der Waals surface area contributed by atoms with Crippen molar-refractivity contribution in [1.29, 1.82) is 0 Å². The van der Waals surface area contributed by atoms with Crippen LogP contribution in [0.4, 0.5) is 4.79 Å².